The highest BCUT2D eigenvalue weighted by Crippen LogP contribution is 2.11. The second kappa shape index (κ2) is 1.30. The molecule has 0 aliphatic heterocycles. The fraction of sp³-hybridized carbons (Fsp3) is 0.200. The second-order valence-electron chi connectivity index (χ2n) is 1.37. The molecule has 2 nitrogen and oxygen atoms in total. The van der Waals surface area contributed by atoms with Crippen molar-refractivity contribution in [3.63, 3.8) is 0 Å². The van der Waals surface area contributed by atoms with Crippen molar-refractivity contribution < 1.29 is 9.52 Å². The first-order valence-electron chi connectivity index (χ1n) is 2.02. The van der Waals surface area contributed by atoms with Gasteiger partial charge in [0, 0.05) is 6.07 Å². The van der Waals surface area contributed by atoms with E-state index in [9.17, 15) is 5.11 Å². The Balaban J connectivity index is 3.04. The molecule has 0 unspecified atom stereocenters. The van der Waals surface area contributed by atoms with Crippen LogP contribution >= 0.6 is 0 Å². The van der Waals surface area contributed by atoms with Gasteiger partial charge >= 0.3 is 5.95 Å². The number of aryl methyl sites for hydroxylation is 1. The molecule has 0 aliphatic carbocycles. The maximum Gasteiger partial charge on any atom is 0.335 e. The molecule has 2 heteroatoms. The Morgan fingerprint density at radius 1 is 1.57 bits per heavy atom. The van der Waals surface area contributed by atoms with Crippen LogP contribution in [0.5, 0.6) is 5.95 Å². The third kappa shape index (κ3) is 0.738. The number of furan rings is 1. The Kier molecular flexibility index (Phi) is 0.785. The zero-order valence-corrected chi connectivity index (χ0v) is 3.97. The summed E-state index contributed by atoms with van der Waals surface area (Å²) in [4.78, 5) is 0. The minimum absolute atomic E-state index is 0.266. The first-order valence-corrected chi connectivity index (χ1v) is 2.02. The van der Waals surface area contributed by atoms with E-state index in [1.54, 1.807) is 13.0 Å². The molecule has 1 aromatic heterocycles. The van der Waals surface area contributed by atoms with Gasteiger partial charge in [-0.25, -0.2) is 5.11 Å². The van der Waals surface area contributed by atoms with Crippen molar-refractivity contribution in [2.24, 2.45) is 0 Å². The van der Waals surface area contributed by atoms with E-state index in [4.69, 9.17) is 0 Å². The van der Waals surface area contributed by atoms with Gasteiger partial charge in [-0.15, -0.1) is 0 Å². The monoisotopic (exact) mass is 97.0 g/mol. The van der Waals surface area contributed by atoms with Gasteiger partial charge in [-0.3, -0.25) is 0 Å². The maximum atomic E-state index is 10.1. The van der Waals surface area contributed by atoms with Crippen LogP contribution in [0.1, 0.15) is 5.76 Å². The van der Waals surface area contributed by atoms with E-state index in [2.05, 4.69) is 4.42 Å². The Bertz CT molecular complexity index is 138. The lowest BCUT2D eigenvalue weighted by Gasteiger charge is -1.72. The zero-order chi connectivity index (χ0) is 5.28. The highest BCUT2D eigenvalue weighted by molar-refractivity contribution is 5.07. The average Bonchev–Trinajstić information content (AvgIpc) is 1.87. The number of hydrogen-bond donors (Lipinski definition) is 0. The van der Waals surface area contributed by atoms with E-state index in [1.165, 1.54) is 6.07 Å². The van der Waals surface area contributed by atoms with Crippen molar-refractivity contribution in [3.05, 3.63) is 17.9 Å². The fourth-order valence-electron chi connectivity index (χ4n) is 0.412. The molecule has 0 spiro atoms. The van der Waals surface area contributed by atoms with Crippen LogP contribution in [0.3, 0.4) is 0 Å². The van der Waals surface area contributed by atoms with Gasteiger partial charge in [0.25, 0.3) is 0 Å². The van der Waals surface area contributed by atoms with E-state index >= 15 is 0 Å². The lowest BCUT2D eigenvalue weighted by atomic mass is 10.5. The third-order valence-electron chi connectivity index (χ3n) is 0.716. The maximum absolute atomic E-state index is 10.1. The summed E-state index contributed by atoms with van der Waals surface area (Å²) in [5, 5.41) is 10.1. The zero-order valence-electron chi connectivity index (χ0n) is 3.97. The van der Waals surface area contributed by atoms with Crippen LogP contribution in [0.4, 0.5) is 0 Å². The highest BCUT2D eigenvalue weighted by Gasteiger charge is 1.91. The van der Waals surface area contributed by atoms with Crippen molar-refractivity contribution in [2.45, 2.75) is 6.92 Å². The fourth-order valence-corrected chi connectivity index (χ4v) is 0.412. The first kappa shape index (κ1) is 4.24. The lowest BCUT2D eigenvalue weighted by molar-refractivity contribution is 0.247. The van der Waals surface area contributed by atoms with Crippen LogP contribution in [0.15, 0.2) is 16.5 Å². The summed E-state index contributed by atoms with van der Waals surface area (Å²) in [5.74, 6) is 0.405. The minimum Gasteiger partial charge on any atom is -0.428 e. The molecule has 0 fully saturated rings. The van der Waals surface area contributed by atoms with Gasteiger partial charge in [0.05, 0.1) is 0 Å². The van der Waals surface area contributed by atoms with Crippen LogP contribution in [-0.2, 0) is 5.11 Å². The van der Waals surface area contributed by atoms with Gasteiger partial charge in [-0.05, 0) is 13.0 Å². The van der Waals surface area contributed by atoms with E-state index in [0.29, 0.717) is 5.76 Å². The molecule has 0 saturated heterocycles. The van der Waals surface area contributed by atoms with E-state index < -0.39 is 0 Å². The summed E-state index contributed by atoms with van der Waals surface area (Å²) in [6.45, 7) is 1.74. The van der Waals surface area contributed by atoms with E-state index in [0.717, 1.165) is 0 Å². The quantitative estimate of drug-likeness (QED) is 0.485. The Morgan fingerprint density at radius 3 is 2.43 bits per heavy atom. The van der Waals surface area contributed by atoms with Crippen LogP contribution in [0.2, 0.25) is 0 Å². The molecule has 0 amide bonds. The Morgan fingerprint density at radius 2 is 2.29 bits per heavy atom. The summed E-state index contributed by atoms with van der Waals surface area (Å²) in [6, 6.07) is 3.04. The summed E-state index contributed by atoms with van der Waals surface area (Å²) >= 11 is 0. The molecule has 7 heavy (non-hydrogen) atoms. The lowest BCUT2D eigenvalue weighted by Crippen LogP contribution is -1.49. The molecule has 1 heterocycles. The SMILES string of the molecule is Cc1ccc([O])o1. The molecule has 1 radical (unpaired) electrons. The van der Waals surface area contributed by atoms with Gasteiger partial charge in [0.1, 0.15) is 5.76 Å². The molecule has 37 valence electrons. The van der Waals surface area contributed by atoms with Crippen molar-refractivity contribution in [1.29, 1.82) is 0 Å². The van der Waals surface area contributed by atoms with Crippen molar-refractivity contribution in [2.75, 3.05) is 0 Å². The van der Waals surface area contributed by atoms with E-state index in [1.807, 2.05) is 0 Å². The molecule has 1 rings (SSSR count). The molecule has 0 aromatic carbocycles. The van der Waals surface area contributed by atoms with Gasteiger partial charge in [0.15, 0.2) is 0 Å². The molecule has 0 saturated carbocycles. The first-order chi connectivity index (χ1) is 3.29. The van der Waals surface area contributed by atoms with Crippen LogP contribution < -0.4 is 0 Å². The molecular weight excluding hydrogens is 92.1 g/mol. The van der Waals surface area contributed by atoms with Gasteiger partial charge in [-0.1, -0.05) is 0 Å². The van der Waals surface area contributed by atoms with Crippen LogP contribution in [0, 0.1) is 6.92 Å². The molecule has 1 aromatic rings. The number of rotatable bonds is 0. The summed E-state index contributed by atoms with van der Waals surface area (Å²) in [7, 11) is 0. The Labute approximate surface area is 41.4 Å². The molecule has 0 bridgehead atoms. The molecule has 0 N–H and O–H groups in total. The van der Waals surface area contributed by atoms with Crippen molar-refractivity contribution >= 4 is 0 Å². The van der Waals surface area contributed by atoms with Gasteiger partial charge in [0.2, 0.25) is 0 Å². The summed E-state index contributed by atoms with van der Waals surface area (Å²) < 4.78 is 4.53. The largest absolute Gasteiger partial charge is 0.428 e. The topological polar surface area (TPSA) is 33.0 Å². The highest BCUT2D eigenvalue weighted by atomic mass is 16.5. The predicted molar refractivity (Wildman–Crippen MR) is 23.6 cm³/mol. The van der Waals surface area contributed by atoms with Gasteiger partial charge in [-0.2, -0.15) is 0 Å². The molecular formula is C5H5O2. The predicted octanol–water partition coefficient (Wildman–Crippen LogP) is 1.73. The van der Waals surface area contributed by atoms with Crippen molar-refractivity contribution in [1.82, 2.24) is 0 Å². The third-order valence-corrected chi connectivity index (χ3v) is 0.716. The smallest absolute Gasteiger partial charge is 0.335 e. The minimum atomic E-state index is -0.266. The van der Waals surface area contributed by atoms with Gasteiger partial charge < -0.3 is 4.42 Å². The summed E-state index contributed by atoms with van der Waals surface area (Å²) in [6.07, 6.45) is 0. The second-order valence-corrected chi connectivity index (χ2v) is 1.37. The normalized spacial score (nSPS) is 9.29. The van der Waals surface area contributed by atoms with Crippen LogP contribution in [0.25, 0.3) is 0 Å². The Hall–Kier alpha value is -0.920. The van der Waals surface area contributed by atoms with E-state index in [-0.39, 0.29) is 5.95 Å². The standard InChI is InChI=1S/C5H5O2/c1-4-2-3-5(6)7-4/h2-3H,1H3. The average molecular weight is 97.1 g/mol. The molecule has 0 atom stereocenters. The van der Waals surface area contributed by atoms with Crippen LogP contribution in [-0.4, -0.2) is 0 Å². The summed E-state index contributed by atoms with van der Waals surface area (Å²) in [5.41, 5.74) is 0. The van der Waals surface area contributed by atoms with Crippen molar-refractivity contribution in [3.8, 4) is 5.95 Å². The number of hydrogen-bond acceptors (Lipinski definition) is 1. The molecule has 0 aliphatic rings.